The summed E-state index contributed by atoms with van der Waals surface area (Å²) >= 11 is 3.50. The number of hydrogen-bond acceptors (Lipinski definition) is 4. The average molecular weight is 373 g/mol. The summed E-state index contributed by atoms with van der Waals surface area (Å²) in [5.74, 6) is 1.50. The van der Waals surface area contributed by atoms with Gasteiger partial charge < -0.3 is 4.74 Å². The molecule has 118 valence electrons. The molecule has 0 saturated heterocycles. The minimum absolute atomic E-state index is 0.496. The quantitative estimate of drug-likeness (QED) is 0.683. The molecule has 1 heterocycles. The van der Waals surface area contributed by atoms with Gasteiger partial charge in [0, 0.05) is 10.0 Å². The first kappa shape index (κ1) is 15.7. The Morgan fingerprint density at radius 1 is 1.13 bits per heavy atom. The first-order chi connectivity index (χ1) is 11.1. The van der Waals surface area contributed by atoms with E-state index < -0.39 is 0 Å². The van der Waals surface area contributed by atoms with Gasteiger partial charge in [-0.2, -0.15) is 4.80 Å². The van der Waals surface area contributed by atoms with Crippen molar-refractivity contribution in [2.75, 3.05) is 6.61 Å². The molecule has 0 bridgehead atoms. The number of halogens is 1. The van der Waals surface area contributed by atoms with Gasteiger partial charge in [-0.25, -0.2) is 0 Å². The Kier molecular flexibility index (Phi) is 4.71. The van der Waals surface area contributed by atoms with Crippen LogP contribution in [0.3, 0.4) is 0 Å². The fraction of sp³-hybridized carbons (Fsp3) is 0.235. The Hall–Kier alpha value is -2.21. The summed E-state index contributed by atoms with van der Waals surface area (Å²) in [7, 11) is 0. The second-order valence-electron chi connectivity index (χ2n) is 5.31. The normalized spacial score (nSPS) is 10.7. The van der Waals surface area contributed by atoms with Gasteiger partial charge >= 0.3 is 0 Å². The molecule has 5 nitrogen and oxygen atoms in total. The van der Waals surface area contributed by atoms with E-state index in [1.54, 1.807) is 4.80 Å². The highest BCUT2D eigenvalue weighted by molar-refractivity contribution is 9.10. The molecule has 6 heteroatoms. The Morgan fingerprint density at radius 2 is 1.96 bits per heavy atom. The van der Waals surface area contributed by atoms with Crippen LogP contribution in [0.2, 0.25) is 0 Å². The van der Waals surface area contributed by atoms with Gasteiger partial charge in [0.2, 0.25) is 5.82 Å². The summed E-state index contributed by atoms with van der Waals surface area (Å²) in [5, 5.41) is 12.6. The van der Waals surface area contributed by atoms with Crippen molar-refractivity contribution < 1.29 is 4.74 Å². The second kappa shape index (κ2) is 6.91. The minimum atomic E-state index is 0.496. The molecule has 1 aromatic heterocycles. The van der Waals surface area contributed by atoms with Crippen molar-refractivity contribution in [1.29, 1.82) is 0 Å². The summed E-state index contributed by atoms with van der Waals surface area (Å²) < 4.78 is 6.77. The van der Waals surface area contributed by atoms with Gasteiger partial charge in [0.15, 0.2) is 0 Å². The number of aromatic nitrogens is 4. The van der Waals surface area contributed by atoms with E-state index in [0.29, 0.717) is 19.0 Å². The number of aryl methyl sites for hydroxylation is 2. The summed E-state index contributed by atoms with van der Waals surface area (Å²) in [4.78, 5) is 1.56. The average Bonchev–Trinajstić information content (AvgIpc) is 3.00. The van der Waals surface area contributed by atoms with E-state index >= 15 is 0 Å². The lowest BCUT2D eigenvalue weighted by molar-refractivity contribution is 0.278. The van der Waals surface area contributed by atoms with Crippen molar-refractivity contribution in [2.24, 2.45) is 0 Å². The minimum Gasteiger partial charge on any atom is -0.491 e. The molecule has 3 rings (SSSR count). The highest BCUT2D eigenvalue weighted by atomic mass is 79.9. The fourth-order valence-electron chi connectivity index (χ4n) is 2.19. The molecule has 0 aliphatic rings. The van der Waals surface area contributed by atoms with Gasteiger partial charge in [-0.05, 0) is 48.4 Å². The summed E-state index contributed by atoms with van der Waals surface area (Å²) in [6.07, 6.45) is 0. The Bertz CT molecular complexity index is 816. The number of ether oxygens (including phenoxy) is 1. The number of tetrazole rings is 1. The Labute approximate surface area is 143 Å². The van der Waals surface area contributed by atoms with E-state index in [0.717, 1.165) is 21.3 Å². The topological polar surface area (TPSA) is 52.8 Å². The zero-order valence-electron chi connectivity index (χ0n) is 13.0. The first-order valence-electron chi connectivity index (χ1n) is 7.36. The van der Waals surface area contributed by atoms with E-state index in [2.05, 4.69) is 50.4 Å². The molecule has 0 spiro atoms. The molecule has 0 radical (unpaired) electrons. The third-order valence-electron chi connectivity index (χ3n) is 3.46. The predicted molar refractivity (Wildman–Crippen MR) is 92.4 cm³/mol. The number of rotatable bonds is 5. The van der Waals surface area contributed by atoms with Crippen LogP contribution in [0.15, 0.2) is 46.9 Å². The summed E-state index contributed by atoms with van der Waals surface area (Å²) in [6, 6.07) is 14.0. The summed E-state index contributed by atoms with van der Waals surface area (Å²) in [6.45, 7) is 5.13. The van der Waals surface area contributed by atoms with Crippen LogP contribution >= 0.6 is 15.9 Å². The maximum atomic E-state index is 5.82. The smallest absolute Gasteiger partial charge is 0.206 e. The van der Waals surface area contributed by atoms with Crippen molar-refractivity contribution in [3.05, 3.63) is 58.1 Å². The Morgan fingerprint density at radius 3 is 2.78 bits per heavy atom. The van der Waals surface area contributed by atoms with Crippen molar-refractivity contribution in [1.82, 2.24) is 20.2 Å². The van der Waals surface area contributed by atoms with Gasteiger partial charge in [0.05, 0.1) is 6.54 Å². The second-order valence-corrected chi connectivity index (χ2v) is 6.16. The van der Waals surface area contributed by atoms with Crippen molar-refractivity contribution in [3.8, 4) is 17.1 Å². The maximum Gasteiger partial charge on any atom is 0.206 e. The zero-order valence-corrected chi connectivity index (χ0v) is 14.6. The molecule has 0 unspecified atom stereocenters. The molecule has 0 aliphatic heterocycles. The van der Waals surface area contributed by atoms with E-state index in [1.165, 1.54) is 5.56 Å². The maximum absolute atomic E-state index is 5.82. The number of nitrogens with zero attached hydrogens (tertiary/aromatic N) is 4. The van der Waals surface area contributed by atoms with Gasteiger partial charge in [-0.3, -0.25) is 0 Å². The van der Waals surface area contributed by atoms with Crippen LogP contribution in [-0.4, -0.2) is 26.8 Å². The standard InChI is InChI=1S/C17H17BrN4O/c1-12-7-8-13(2)16(11-12)23-10-9-22-20-17(19-21-22)14-5-3-4-6-15(14)18/h3-8,11H,9-10H2,1-2H3. The number of hydrogen-bond donors (Lipinski definition) is 0. The number of benzene rings is 2. The molecular formula is C17H17BrN4O. The lowest BCUT2D eigenvalue weighted by atomic mass is 10.1. The fourth-order valence-corrected chi connectivity index (χ4v) is 2.65. The zero-order chi connectivity index (χ0) is 16.2. The highest BCUT2D eigenvalue weighted by Crippen LogP contribution is 2.24. The monoisotopic (exact) mass is 372 g/mol. The largest absolute Gasteiger partial charge is 0.491 e. The van der Waals surface area contributed by atoms with E-state index in [4.69, 9.17) is 4.74 Å². The van der Waals surface area contributed by atoms with E-state index in [-0.39, 0.29) is 0 Å². The third kappa shape index (κ3) is 3.76. The molecule has 3 aromatic rings. The van der Waals surface area contributed by atoms with Crippen LogP contribution in [0.5, 0.6) is 5.75 Å². The van der Waals surface area contributed by atoms with Crippen molar-refractivity contribution in [3.63, 3.8) is 0 Å². The molecule has 0 saturated carbocycles. The van der Waals surface area contributed by atoms with Crippen molar-refractivity contribution >= 4 is 15.9 Å². The molecule has 0 aliphatic carbocycles. The Balaban J connectivity index is 1.64. The molecule has 0 N–H and O–H groups in total. The SMILES string of the molecule is Cc1ccc(C)c(OCCn2nnc(-c3ccccc3Br)n2)c1. The third-order valence-corrected chi connectivity index (χ3v) is 4.15. The van der Waals surface area contributed by atoms with E-state index in [9.17, 15) is 0 Å². The highest BCUT2D eigenvalue weighted by Gasteiger charge is 2.09. The van der Waals surface area contributed by atoms with Crippen LogP contribution in [0.25, 0.3) is 11.4 Å². The molecule has 2 aromatic carbocycles. The van der Waals surface area contributed by atoms with E-state index in [1.807, 2.05) is 37.3 Å². The lowest BCUT2D eigenvalue weighted by Gasteiger charge is -2.09. The molecule has 0 atom stereocenters. The van der Waals surface area contributed by atoms with Crippen LogP contribution in [0.4, 0.5) is 0 Å². The van der Waals surface area contributed by atoms with Crippen molar-refractivity contribution in [2.45, 2.75) is 20.4 Å². The van der Waals surface area contributed by atoms with Gasteiger partial charge in [0.1, 0.15) is 12.4 Å². The van der Waals surface area contributed by atoms with Gasteiger partial charge in [-0.1, -0.05) is 40.2 Å². The molecule has 0 fully saturated rings. The van der Waals surface area contributed by atoms with Gasteiger partial charge in [-0.15, -0.1) is 10.2 Å². The molecule has 23 heavy (non-hydrogen) atoms. The van der Waals surface area contributed by atoms with Gasteiger partial charge in [0.25, 0.3) is 0 Å². The molecule has 0 amide bonds. The van der Waals surface area contributed by atoms with Crippen LogP contribution < -0.4 is 4.74 Å². The summed E-state index contributed by atoms with van der Waals surface area (Å²) in [5.41, 5.74) is 3.23. The predicted octanol–water partition coefficient (Wildman–Crippen LogP) is 3.80. The lowest BCUT2D eigenvalue weighted by Crippen LogP contribution is -2.11. The first-order valence-corrected chi connectivity index (χ1v) is 8.15. The van der Waals surface area contributed by atoms with Crippen LogP contribution in [-0.2, 0) is 6.54 Å². The van der Waals surface area contributed by atoms with Crippen LogP contribution in [0, 0.1) is 13.8 Å². The van der Waals surface area contributed by atoms with Crippen LogP contribution in [0.1, 0.15) is 11.1 Å². The molecular weight excluding hydrogens is 356 g/mol.